The van der Waals surface area contributed by atoms with Crippen LogP contribution in [0.1, 0.15) is 24.6 Å². The first-order valence-electron chi connectivity index (χ1n) is 5.98. The molecule has 0 unspecified atom stereocenters. The Labute approximate surface area is 105 Å². The van der Waals surface area contributed by atoms with Crippen LogP contribution in [0.4, 0.5) is 0 Å². The van der Waals surface area contributed by atoms with Gasteiger partial charge in [-0.05, 0) is 12.8 Å². The highest BCUT2D eigenvalue weighted by Gasteiger charge is 2.21. The van der Waals surface area contributed by atoms with E-state index in [4.69, 9.17) is 14.3 Å². The number of piperidine rings is 1. The van der Waals surface area contributed by atoms with Gasteiger partial charge in [0.1, 0.15) is 6.61 Å². The molecular formula is C11H17N3O4. The van der Waals surface area contributed by atoms with E-state index in [0.717, 1.165) is 25.9 Å². The third kappa shape index (κ3) is 3.78. The number of likely N-dealkylation sites (tertiary alicyclic amines) is 1. The van der Waals surface area contributed by atoms with Crippen LogP contribution in [0.2, 0.25) is 0 Å². The van der Waals surface area contributed by atoms with Crippen molar-refractivity contribution in [2.75, 3.05) is 19.7 Å². The van der Waals surface area contributed by atoms with Gasteiger partial charge in [-0.1, -0.05) is 0 Å². The average Bonchev–Trinajstić information content (AvgIpc) is 2.74. The predicted molar refractivity (Wildman–Crippen MR) is 60.9 cm³/mol. The Balaban J connectivity index is 1.71. The van der Waals surface area contributed by atoms with E-state index in [1.54, 1.807) is 6.92 Å². The molecule has 1 saturated heterocycles. The lowest BCUT2D eigenvalue weighted by atomic mass is 10.1. The Hall–Kier alpha value is -1.47. The molecule has 0 radical (unpaired) electrons. The first kappa shape index (κ1) is 13.0. The second-order valence-electron chi connectivity index (χ2n) is 4.40. The lowest BCUT2D eigenvalue weighted by Crippen LogP contribution is -2.37. The van der Waals surface area contributed by atoms with Crippen molar-refractivity contribution in [1.82, 2.24) is 15.1 Å². The zero-order valence-corrected chi connectivity index (χ0v) is 10.3. The highest BCUT2D eigenvalue weighted by atomic mass is 16.5. The van der Waals surface area contributed by atoms with Gasteiger partial charge in [0.15, 0.2) is 0 Å². The van der Waals surface area contributed by atoms with Crippen LogP contribution in [-0.2, 0) is 16.1 Å². The molecule has 0 amide bonds. The molecule has 0 atom stereocenters. The number of carboxylic acid groups (broad SMARTS) is 1. The third-order valence-electron chi connectivity index (χ3n) is 2.90. The molecule has 0 bridgehead atoms. The van der Waals surface area contributed by atoms with E-state index in [-0.39, 0.29) is 12.7 Å². The number of aliphatic carboxylic acids is 1. The smallest absolute Gasteiger partial charge is 0.329 e. The summed E-state index contributed by atoms with van der Waals surface area (Å²) in [6.07, 6.45) is 1.71. The summed E-state index contributed by atoms with van der Waals surface area (Å²) in [4.78, 5) is 12.6. The molecule has 0 aliphatic carbocycles. The van der Waals surface area contributed by atoms with E-state index in [1.165, 1.54) is 0 Å². The van der Waals surface area contributed by atoms with Crippen molar-refractivity contribution in [3.63, 3.8) is 0 Å². The molecule has 100 valence electrons. The molecule has 1 aliphatic rings. The SMILES string of the molecule is Cc1nnc(CN2CCC(OCC(=O)O)CC2)o1. The van der Waals surface area contributed by atoms with Gasteiger partial charge in [0.05, 0.1) is 12.6 Å². The van der Waals surface area contributed by atoms with Gasteiger partial charge in [-0.25, -0.2) is 4.79 Å². The minimum Gasteiger partial charge on any atom is -0.480 e. The molecule has 1 fully saturated rings. The molecular weight excluding hydrogens is 238 g/mol. The molecule has 7 nitrogen and oxygen atoms in total. The second-order valence-corrected chi connectivity index (χ2v) is 4.40. The van der Waals surface area contributed by atoms with Crippen molar-refractivity contribution in [2.24, 2.45) is 0 Å². The Kier molecular flexibility index (Phi) is 4.27. The summed E-state index contributed by atoms with van der Waals surface area (Å²) in [5.74, 6) is 0.279. The minimum absolute atomic E-state index is 0.0433. The van der Waals surface area contributed by atoms with Crippen LogP contribution in [0.5, 0.6) is 0 Å². The summed E-state index contributed by atoms with van der Waals surface area (Å²) < 4.78 is 10.6. The van der Waals surface area contributed by atoms with Crippen molar-refractivity contribution in [3.8, 4) is 0 Å². The second kappa shape index (κ2) is 5.92. The van der Waals surface area contributed by atoms with Gasteiger partial charge in [0.25, 0.3) is 0 Å². The highest BCUT2D eigenvalue weighted by Crippen LogP contribution is 2.15. The molecule has 18 heavy (non-hydrogen) atoms. The number of aryl methyl sites for hydroxylation is 1. The number of hydrogen-bond acceptors (Lipinski definition) is 6. The van der Waals surface area contributed by atoms with Crippen LogP contribution in [0.25, 0.3) is 0 Å². The first-order chi connectivity index (χ1) is 8.63. The van der Waals surface area contributed by atoms with Crippen molar-refractivity contribution < 1.29 is 19.1 Å². The van der Waals surface area contributed by atoms with Crippen LogP contribution < -0.4 is 0 Å². The molecule has 2 heterocycles. The maximum atomic E-state index is 10.4. The van der Waals surface area contributed by atoms with Gasteiger partial charge in [-0.3, -0.25) is 4.90 Å². The fourth-order valence-corrected chi connectivity index (χ4v) is 2.02. The highest BCUT2D eigenvalue weighted by molar-refractivity contribution is 5.68. The number of nitrogens with zero attached hydrogens (tertiary/aromatic N) is 3. The number of aromatic nitrogens is 2. The average molecular weight is 255 g/mol. The lowest BCUT2D eigenvalue weighted by Gasteiger charge is -2.30. The van der Waals surface area contributed by atoms with Gasteiger partial charge in [0.2, 0.25) is 11.8 Å². The summed E-state index contributed by atoms with van der Waals surface area (Å²) in [5.41, 5.74) is 0. The normalized spacial score (nSPS) is 18.1. The predicted octanol–water partition coefficient (Wildman–Crippen LogP) is 0.444. The van der Waals surface area contributed by atoms with Crippen LogP contribution >= 0.6 is 0 Å². The standard InChI is InChI=1S/C11H17N3O4/c1-8-12-13-10(18-8)6-14-4-2-9(3-5-14)17-7-11(15)16/h9H,2-7H2,1H3,(H,15,16). The van der Waals surface area contributed by atoms with Gasteiger partial charge >= 0.3 is 5.97 Å². The molecule has 1 aromatic rings. The number of carboxylic acids is 1. The van der Waals surface area contributed by atoms with Gasteiger partial charge < -0.3 is 14.3 Å². The molecule has 2 rings (SSSR count). The van der Waals surface area contributed by atoms with Crippen molar-refractivity contribution in [2.45, 2.75) is 32.4 Å². The largest absolute Gasteiger partial charge is 0.480 e. The van der Waals surface area contributed by atoms with Crippen molar-refractivity contribution in [1.29, 1.82) is 0 Å². The van der Waals surface area contributed by atoms with E-state index in [1.807, 2.05) is 0 Å². The third-order valence-corrected chi connectivity index (χ3v) is 2.90. The molecule has 0 saturated carbocycles. The Morgan fingerprint density at radius 2 is 2.22 bits per heavy atom. The fraction of sp³-hybridized carbons (Fsp3) is 0.727. The topological polar surface area (TPSA) is 88.7 Å². The van der Waals surface area contributed by atoms with Crippen LogP contribution in [0.15, 0.2) is 4.42 Å². The van der Waals surface area contributed by atoms with E-state index in [2.05, 4.69) is 15.1 Å². The van der Waals surface area contributed by atoms with E-state index < -0.39 is 5.97 Å². The van der Waals surface area contributed by atoms with Crippen LogP contribution in [0.3, 0.4) is 0 Å². The van der Waals surface area contributed by atoms with E-state index in [0.29, 0.717) is 18.3 Å². The molecule has 7 heteroatoms. The fourth-order valence-electron chi connectivity index (χ4n) is 2.02. The van der Waals surface area contributed by atoms with E-state index >= 15 is 0 Å². The summed E-state index contributed by atoms with van der Waals surface area (Å²) >= 11 is 0. The zero-order valence-electron chi connectivity index (χ0n) is 10.3. The maximum absolute atomic E-state index is 10.4. The Morgan fingerprint density at radius 3 is 2.78 bits per heavy atom. The van der Waals surface area contributed by atoms with E-state index in [9.17, 15) is 4.79 Å². The van der Waals surface area contributed by atoms with Crippen molar-refractivity contribution in [3.05, 3.63) is 11.8 Å². The summed E-state index contributed by atoms with van der Waals surface area (Å²) in [7, 11) is 0. The molecule has 1 aliphatic heterocycles. The first-order valence-corrected chi connectivity index (χ1v) is 5.98. The number of ether oxygens (including phenoxy) is 1. The number of hydrogen-bond donors (Lipinski definition) is 1. The summed E-state index contributed by atoms with van der Waals surface area (Å²) in [5, 5.41) is 16.3. The summed E-state index contributed by atoms with van der Waals surface area (Å²) in [6.45, 7) is 3.90. The number of carbonyl (C=O) groups is 1. The summed E-state index contributed by atoms with van der Waals surface area (Å²) in [6, 6.07) is 0. The van der Waals surface area contributed by atoms with Gasteiger partial charge in [0, 0.05) is 20.0 Å². The molecule has 1 N–H and O–H groups in total. The maximum Gasteiger partial charge on any atom is 0.329 e. The van der Waals surface area contributed by atoms with Crippen LogP contribution in [0, 0.1) is 6.92 Å². The van der Waals surface area contributed by atoms with Gasteiger partial charge in [-0.15, -0.1) is 10.2 Å². The molecule has 0 spiro atoms. The van der Waals surface area contributed by atoms with Gasteiger partial charge in [-0.2, -0.15) is 0 Å². The zero-order chi connectivity index (χ0) is 13.0. The van der Waals surface area contributed by atoms with Crippen molar-refractivity contribution >= 4 is 5.97 Å². The van der Waals surface area contributed by atoms with Crippen LogP contribution in [-0.4, -0.2) is 52.0 Å². The minimum atomic E-state index is -0.918. The quantitative estimate of drug-likeness (QED) is 0.816. The lowest BCUT2D eigenvalue weighted by molar-refractivity contribution is -0.145. The number of rotatable bonds is 5. The molecule has 1 aromatic heterocycles. The monoisotopic (exact) mass is 255 g/mol. The Morgan fingerprint density at radius 1 is 1.50 bits per heavy atom. The Bertz CT molecular complexity index is 399. The molecule has 0 aromatic carbocycles.